The first kappa shape index (κ1) is 26.2. The van der Waals surface area contributed by atoms with E-state index in [0.29, 0.717) is 12.5 Å². The molecule has 0 spiro atoms. The number of nitrogens with one attached hydrogen (secondary N) is 2. The fourth-order valence-electron chi connectivity index (χ4n) is 3.10. The van der Waals surface area contributed by atoms with Crippen molar-refractivity contribution >= 4 is 35.0 Å². The first-order valence-corrected chi connectivity index (χ1v) is 10.7. The monoisotopic (exact) mass is 483 g/mol. The van der Waals surface area contributed by atoms with E-state index in [0.717, 1.165) is 6.07 Å². The second kappa shape index (κ2) is 11.7. The van der Waals surface area contributed by atoms with Crippen LogP contribution in [0.4, 0.5) is 18.9 Å². The second-order valence-electron chi connectivity index (χ2n) is 7.71. The van der Waals surface area contributed by atoms with Crippen molar-refractivity contribution in [2.45, 2.75) is 33.2 Å². The van der Waals surface area contributed by atoms with E-state index in [2.05, 4.69) is 10.6 Å². The van der Waals surface area contributed by atoms with Crippen LogP contribution in [0.1, 0.15) is 37.6 Å². The third-order valence-electron chi connectivity index (χ3n) is 4.79. The van der Waals surface area contributed by atoms with Gasteiger partial charge in [0.2, 0.25) is 11.8 Å². The lowest BCUT2D eigenvalue weighted by molar-refractivity contribution is -0.137. The first-order valence-electron chi connectivity index (χ1n) is 10.3. The molecule has 1 unspecified atom stereocenters. The molecule has 2 aromatic carbocycles. The lowest BCUT2D eigenvalue weighted by Crippen LogP contribution is -2.53. The van der Waals surface area contributed by atoms with Gasteiger partial charge in [-0.25, -0.2) is 13.2 Å². The zero-order valence-electron chi connectivity index (χ0n) is 18.4. The van der Waals surface area contributed by atoms with E-state index in [4.69, 9.17) is 11.6 Å². The average molecular weight is 484 g/mol. The van der Waals surface area contributed by atoms with E-state index >= 15 is 0 Å². The maximum atomic E-state index is 13.9. The van der Waals surface area contributed by atoms with Gasteiger partial charge in [-0.05, 0) is 36.6 Å². The second-order valence-corrected chi connectivity index (χ2v) is 8.11. The Hall–Kier alpha value is -3.07. The number of halogens is 4. The summed E-state index contributed by atoms with van der Waals surface area (Å²) >= 11 is 6.06. The summed E-state index contributed by atoms with van der Waals surface area (Å²) in [6, 6.07) is 6.98. The van der Waals surface area contributed by atoms with Gasteiger partial charge in [0, 0.05) is 6.54 Å². The third-order valence-corrected chi connectivity index (χ3v) is 5.12. The number of carbonyl (C=O) groups is 3. The van der Waals surface area contributed by atoms with Gasteiger partial charge in [0.1, 0.15) is 6.04 Å². The standard InChI is InChI=1S/C23H25ClF3N3O3/c1-4-11-30(12-18(31)28-17-10-9-16(25)19(26)20(17)27)23(33)21(13(2)3)29-22(32)14-7-5-6-8-15(14)24/h5-10,13,21H,4,11-12H2,1-3H3,(H,28,31)(H,29,32). The van der Waals surface area contributed by atoms with Crippen LogP contribution in [0.5, 0.6) is 0 Å². The fraction of sp³-hybridized carbons (Fsp3) is 0.348. The molecule has 2 aromatic rings. The molecule has 6 nitrogen and oxygen atoms in total. The summed E-state index contributed by atoms with van der Waals surface area (Å²) in [6.45, 7) is 4.96. The normalized spacial score (nSPS) is 11.8. The molecule has 0 aliphatic rings. The number of hydrogen-bond donors (Lipinski definition) is 2. The van der Waals surface area contributed by atoms with Crippen LogP contribution in [0.15, 0.2) is 36.4 Å². The number of anilines is 1. The summed E-state index contributed by atoms with van der Waals surface area (Å²) in [5.41, 5.74) is -0.346. The minimum absolute atomic E-state index is 0.178. The van der Waals surface area contributed by atoms with Crippen LogP contribution in [0.2, 0.25) is 5.02 Å². The van der Waals surface area contributed by atoms with E-state index in [1.165, 1.54) is 11.0 Å². The van der Waals surface area contributed by atoms with Crippen molar-refractivity contribution in [3.8, 4) is 0 Å². The van der Waals surface area contributed by atoms with E-state index in [1.807, 2.05) is 0 Å². The Bertz CT molecular complexity index is 1030. The Morgan fingerprint density at radius 1 is 1.03 bits per heavy atom. The number of benzene rings is 2. The van der Waals surface area contributed by atoms with Crippen LogP contribution in [-0.4, -0.2) is 41.8 Å². The first-order chi connectivity index (χ1) is 15.6. The molecule has 10 heteroatoms. The summed E-state index contributed by atoms with van der Waals surface area (Å²) in [5.74, 6) is -6.83. The highest BCUT2D eigenvalue weighted by Crippen LogP contribution is 2.20. The number of rotatable bonds is 9. The Balaban J connectivity index is 2.17. The summed E-state index contributed by atoms with van der Waals surface area (Å²) in [7, 11) is 0. The van der Waals surface area contributed by atoms with Crippen molar-refractivity contribution < 1.29 is 27.6 Å². The predicted octanol–water partition coefficient (Wildman–Crippen LogP) is 4.39. The zero-order chi connectivity index (χ0) is 24.7. The summed E-state index contributed by atoms with van der Waals surface area (Å²) in [4.78, 5) is 39.5. The van der Waals surface area contributed by atoms with Gasteiger partial charge in [-0.3, -0.25) is 14.4 Å². The summed E-state index contributed by atoms with van der Waals surface area (Å²) < 4.78 is 40.4. The molecule has 178 valence electrons. The van der Waals surface area contributed by atoms with Crippen LogP contribution in [0, 0.1) is 23.4 Å². The maximum Gasteiger partial charge on any atom is 0.253 e. The molecule has 3 amide bonds. The van der Waals surface area contributed by atoms with Gasteiger partial charge < -0.3 is 15.5 Å². The molecule has 0 fully saturated rings. The molecule has 0 aliphatic heterocycles. The lowest BCUT2D eigenvalue weighted by Gasteiger charge is -2.29. The number of carbonyl (C=O) groups excluding carboxylic acids is 3. The van der Waals surface area contributed by atoms with Crippen LogP contribution in [0.3, 0.4) is 0 Å². The number of amides is 3. The van der Waals surface area contributed by atoms with Gasteiger partial charge in [-0.2, -0.15) is 0 Å². The minimum Gasteiger partial charge on any atom is -0.340 e. The molecule has 2 rings (SSSR count). The molecular formula is C23H25ClF3N3O3. The molecule has 0 aliphatic carbocycles. The smallest absolute Gasteiger partial charge is 0.253 e. The minimum atomic E-state index is -1.71. The Kier molecular flexibility index (Phi) is 9.28. The zero-order valence-corrected chi connectivity index (χ0v) is 19.2. The molecule has 0 saturated carbocycles. The lowest BCUT2D eigenvalue weighted by atomic mass is 10.0. The Labute approximate surface area is 195 Å². The SMILES string of the molecule is CCCN(CC(=O)Nc1ccc(F)c(F)c1F)C(=O)C(NC(=O)c1ccccc1Cl)C(C)C. The van der Waals surface area contributed by atoms with Crippen molar-refractivity contribution in [3.05, 3.63) is 64.4 Å². The van der Waals surface area contributed by atoms with Crippen molar-refractivity contribution in [1.82, 2.24) is 10.2 Å². The van der Waals surface area contributed by atoms with Gasteiger partial charge in [-0.15, -0.1) is 0 Å². The molecule has 0 aromatic heterocycles. The molecule has 0 heterocycles. The van der Waals surface area contributed by atoms with Crippen LogP contribution < -0.4 is 10.6 Å². The van der Waals surface area contributed by atoms with Crippen LogP contribution >= 0.6 is 11.6 Å². The molecule has 2 N–H and O–H groups in total. The predicted molar refractivity (Wildman–Crippen MR) is 119 cm³/mol. The van der Waals surface area contributed by atoms with Gasteiger partial charge >= 0.3 is 0 Å². The molecular weight excluding hydrogens is 459 g/mol. The van der Waals surface area contributed by atoms with Crippen molar-refractivity contribution in [2.24, 2.45) is 5.92 Å². The van der Waals surface area contributed by atoms with Gasteiger partial charge in [0.15, 0.2) is 17.5 Å². The number of nitrogens with zero attached hydrogens (tertiary/aromatic N) is 1. The molecule has 0 saturated heterocycles. The highest BCUT2D eigenvalue weighted by atomic mass is 35.5. The van der Waals surface area contributed by atoms with Crippen molar-refractivity contribution in [3.63, 3.8) is 0 Å². The van der Waals surface area contributed by atoms with Crippen molar-refractivity contribution in [1.29, 1.82) is 0 Å². The van der Waals surface area contributed by atoms with Crippen LogP contribution in [-0.2, 0) is 9.59 Å². The van der Waals surface area contributed by atoms with Crippen LogP contribution in [0.25, 0.3) is 0 Å². The van der Waals surface area contributed by atoms with Gasteiger partial charge in [0.05, 0.1) is 22.8 Å². The maximum absolute atomic E-state index is 13.9. The van der Waals surface area contributed by atoms with Crippen molar-refractivity contribution in [2.75, 3.05) is 18.4 Å². The fourth-order valence-corrected chi connectivity index (χ4v) is 3.32. The van der Waals surface area contributed by atoms with E-state index < -0.39 is 53.4 Å². The molecule has 0 radical (unpaired) electrons. The highest BCUT2D eigenvalue weighted by Gasteiger charge is 2.30. The summed E-state index contributed by atoms with van der Waals surface area (Å²) in [6.07, 6.45) is 0.502. The molecule has 0 bridgehead atoms. The molecule has 33 heavy (non-hydrogen) atoms. The molecule has 1 atom stereocenters. The summed E-state index contributed by atoms with van der Waals surface area (Å²) in [5, 5.41) is 5.03. The number of hydrogen-bond acceptors (Lipinski definition) is 3. The average Bonchev–Trinajstić information content (AvgIpc) is 2.77. The van der Waals surface area contributed by atoms with Gasteiger partial charge in [0.25, 0.3) is 5.91 Å². The van der Waals surface area contributed by atoms with E-state index in [-0.39, 0.29) is 23.0 Å². The topological polar surface area (TPSA) is 78.5 Å². The highest BCUT2D eigenvalue weighted by molar-refractivity contribution is 6.33. The Morgan fingerprint density at radius 2 is 1.70 bits per heavy atom. The Morgan fingerprint density at radius 3 is 2.30 bits per heavy atom. The quantitative estimate of drug-likeness (QED) is 0.519. The largest absolute Gasteiger partial charge is 0.340 e. The third kappa shape index (κ3) is 6.71. The van der Waals surface area contributed by atoms with Gasteiger partial charge in [-0.1, -0.05) is 44.5 Å². The van der Waals surface area contributed by atoms with E-state index in [9.17, 15) is 27.6 Å². The van der Waals surface area contributed by atoms with E-state index in [1.54, 1.807) is 39.0 Å².